The normalized spacial score (nSPS) is 28.9. The number of hydrogen-bond acceptors (Lipinski definition) is 11. The van der Waals surface area contributed by atoms with Crippen LogP contribution in [-0.4, -0.2) is 111 Å². The summed E-state index contributed by atoms with van der Waals surface area (Å²) in [6, 6.07) is -0.503. The maximum atomic E-state index is 13.7. The van der Waals surface area contributed by atoms with Gasteiger partial charge in [-0.3, -0.25) is 5.43 Å². The molecule has 0 atom stereocenters. The van der Waals surface area contributed by atoms with Crippen molar-refractivity contribution in [3.63, 3.8) is 0 Å². The lowest BCUT2D eigenvalue weighted by atomic mass is 9.74. The molecular weight excluding hydrogens is 699 g/mol. The largest absolute Gasteiger partial charge is 0.334 e. The maximum Gasteiger partial charge on any atom is 0.243 e. The van der Waals surface area contributed by atoms with Gasteiger partial charge in [-0.05, 0) is 162 Å². The molecule has 0 amide bonds. The highest BCUT2D eigenvalue weighted by atomic mass is 16.5. The van der Waals surface area contributed by atoms with E-state index in [4.69, 9.17) is 15.0 Å². The van der Waals surface area contributed by atoms with Gasteiger partial charge < -0.3 is 9.80 Å². The van der Waals surface area contributed by atoms with E-state index in [1.54, 1.807) is 7.05 Å². The summed E-state index contributed by atoms with van der Waals surface area (Å²) in [5.74, 6) is 1.31. The Balaban J connectivity index is 1.76. The molecule has 4 radical (unpaired) electrons. The van der Waals surface area contributed by atoms with Crippen molar-refractivity contribution in [1.29, 1.82) is 0 Å². The van der Waals surface area contributed by atoms with Crippen molar-refractivity contribution < 1.29 is 20.8 Å². The molecule has 4 fully saturated rings. The lowest BCUT2D eigenvalue weighted by Crippen LogP contribution is -2.68. The van der Waals surface area contributed by atoms with Crippen LogP contribution in [-0.2, 0) is 20.8 Å². The number of hydrazine groups is 1. The van der Waals surface area contributed by atoms with Gasteiger partial charge in [-0.25, -0.2) is 5.43 Å². The first kappa shape index (κ1) is 44.2. The van der Waals surface area contributed by atoms with Gasteiger partial charge in [0.25, 0.3) is 0 Å². The van der Waals surface area contributed by atoms with Crippen LogP contribution in [0.5, 0.6) is 0 Å². The molecule has 15 heteroatoms. The predicted octanol–water partition coefficient (Wildman–Crippen LogP) is 6.50. The molecule has 0 bridgehead atoms. The Kier molecular flexibility index (Phi) is 11.3. The quantitative estimate of drug-likeness (QED) is 0.278. The van der Waals surface area contributed by atoms with Crippen LogP contribution in [0.1, 0.15) is 162 Å². The molecule has 55 heavy (non-hydrogen) atoms. The Morgan fingerprint density at radius 3 is 0.800 bits per heavy atom. The molecule has 312 valence electrons. The molecule has 1 aromatic heterocycles. The van der Waals surface area contributed by atoms with Crippen LogP contribution >= 0.6 is 0 Å². The van der Waals surface area contributed by atoms with Gasteiger partial charge in [-0.2, -0.15) is 15.0 Å². The Morgan fingerprint density at radius 1 is 0.418 bits per heavy atom. The number of aromatic nitrogens is 3. The summed E-state index contributed by atoms with van der Waals surface area (Å²) in [5.41, 5.74) is 0.834. The van der Waals surface area contributed by atoms with Crippen LogP contribution in [0, 0.1) is 0 Å². The summed E-state index contributed by atoms with van der Waals surface area (Å²) < 4.78 is 0. The molecular formula is C40H73N11O4. The van der Waals surface area contributed by atoms with Crippen LogP contribution in [0.4, 0.5) is 17.8 Å². The minimum atomic E-state index is -0.671. The zero-order chi connectivity index (χ0) is 41.7. The number of hydrogen-bond donors (Lipinski definition) is 2. The summed E-state index contributed by atoms with van der Waals surface area (Å²) in [6.07, 6.45) is 4.61. The highest BCUT2D eigenvalue weighted by molar-refractivity contribution is 5.49. The van der Waals surface area contributed by atoms with Gasteiger partial charge in [0.05, 0.1) is 0 Å². The van der Waals surface area contributed by atoms with E-state index < -0.39 is 44.3 Å². The summed E-state index contributed by atoms with van der Waals surface area (Å²) >= 11 is 0. The molecule has 0 saturated carbocycles. The zero-order valence-corrected chi connectivity index (χ0v) is 37.1. The molecule has 5 heterocycles. The molecule has 4 saturated heterocycles. The molecule has 0 unspecified atom stereocenters. The molecule has 1 aromatic rings. The summed E-state index contributed by atoms with van der Waals surface area (Å²) in [6.45, 7) is 32.1. The Bertz CT molecular complexity index is 1280. The van der Waals surface area contributed by atoms with Crippen LogP contribution in [0.3, 0.4) is 0 Å². The number of anilines is 3. The van der Waals surface area contributed by atoms with Crippen molar-refractivity contribution in [1.82, 2.24) is 40.6 Å². The van der Waals surface area contributed by atoms with E-state index in [0.29, 0.717) is 69.2 Å². The SMILES string of the molecule is CNNc1nc(N(C2CC(C)(C)N([O])C(C)(C)C2)C2CC(C)(C)N([O])C(C)(C)C2)nc(N(C2CC(C)(C)N([O])C(C)(C)C2)C2CC(C)(C)N([O])C(C)(C)C2)n1. The molecule has 15 nitrogen and oxygen atoms in total. The maximum absolute atomic E-state index is 13.7. The van der Waals surface area contributed by atoms with Gasteiger partial charge in [-0.1, -0.05) is 0 Å². The predicted molar refractivity (Wildman–Crippen MR) is 212 cm³/mol. The highest BCUT2D eigenvalue weighted by Gasteiger charge is 2.56. The number of hydroxylamine groups is 8. The molecule has 4 aliphatic rings. The third kappa shape index (κ3) is 8.34. The van der Waals surface area contributed by atoms with Crippen LogP contribution in [0.25, 0.3) is 0 Å². The second-order valence-corrected chi connectivity index (χ2v) is 22.4. The fraction of sp³-hybridized carbons (Fsp3) is 0.925. The van der Waals surface area contributed by atoms with E-state index in [1.807, 2.05) is 111 Å². The number of rotatable bonds is 8. The van der Waals surface area contributed by atoms with Gasteiger partial charge in [0, 0.05) is 75.5 Å². The molecule has 0 aromatic carbocycles. The second kappa shape index (κ2) is 14.1. The summed E-state index contributed by atoms with van der Waals surface area (Å²) in [5, 5.41) is 59.9. The van der Waals surface area contributed by atoms with Crippen molar-refractivity contribution >= 4 is 17.8 Å². The molecule has 0 aliphatic carbocycles. The van der Waals surface area contributed by atoms with Gasteiger partial charge in [0.1, 0.15) is 0 Å². The second-order valence-electron chi connectivity index (χ2n) is 22.4. The summed E-state index contributed by atoms with van der Waals surface area (Å²) in [4.78, 5) is 20.3. The Hall–Kier alpha value is -1.95. The van der Waals surface area contributed by atoms with E-state index in [1.165, 1.54) is 20.3 Å². The van der Waals surface area contributed by atoms with Gasteiger partial charge in [0.2, 0.25) is 17.8 Å². The topological polar surface area (TPSA) is 162 Å². The minimum absolute atomic E-state index is 0.126. The first-order valence-electron chi connectivity index (χ1n) is 20.4. The van der Waals surface area contributed by atoms with Crippen LogP contribution in [0.15, 0.2) is 0 Å². The average Bonchev–Trinajstić information content (AvgIpc) is 2.99. The third-order valence-corrected chi connectivity index (χ3v) is 13.2. The molecule has 2 N–H and O–H groups in total. The smallest absolute Gasteiger partial charge is 0.243 e. The third-order valence-electron chi connectivity index (χ3n) is 13.2. The lowest BCUT2D eigenvalue weighted by molar-refractivity contribution is -0.294. The van der Waals surface area contributed by atoms with Crippen molar-refractivity contribution in [3.8, 4) is 0 Å². The summed E-state index contributed by atoms with van der Waals surface area (Å²) in [7, 11) is 1.77. The van der Waals surface area contributed by atoms with Crippen molar-refractivity contribution in [2.75, 3.05) is 22.3 Å². The van der Waals surface area contributed by atoms with Crippen molar-refractivity contribution in [3.05, 3.63) is 0 Å². The zero-order valence-electron chi connectivity index (χ0n) is 37.1. The monoisotopic (exact) mass is 772 g/mol. The molecule has 4 aliphatic heterocycles. The molecule has 0 spiro atoms. The van der Waals surface area contributed by atoms with Crippen molar-refractivity contribution in [2.45, 2.75) is 231 Å². The number of nitrogens with one attached hydrogen (secondary N) is 2. The fourth-order valence-electron chi connectivity index (χ4n) is 11.6. The van der Waals surface area contributed by atoms with E-state index in [9.17, 15) is 20.8 Å². The van der Waals surface area contributed by atoms with E-state index >= 15 is 0 Å². The number of piperidine rings is 4. The number of nitrogens with zero attached hydrogens (tertiary/aromatic N) is 9. The Morgan fingerprint density at radius 2 is 0.618 bits per heavy atom. The first-order chi connectivity index (χ1) is 24.8. The van der Waals surface area contributed by atoms with Gasteiger partial charge in [0.15, 0.2) is 0 Å². The average molecular weight is 772 g/mol. The van der Waals surface area contributed by atoms with E-state index in [0.717, 1.165) is 0 Å². The molecule has 5 rings (SSSR count). The highest BCUT2D eigenvalue weighted by Crippen LogP contribution is 2.48. The van der Waals surface area contributed by atoms with Gasteiger partial charge >= 0.3 is 0 Å². The van der Waals surface area contributed by atoms with E-state index in [2.05, 4.69) is 20.7 Å². The van der Waals surface area contributed by atoms with Gasteiger partial charge in [-0.15, -0.1) is 41.1 Å². The minimum Gasteiger partial charge on any atom is -0.334 e. The van der Waals surface area contributed by atoms with Crippen molar-refractivity contribution in [2.24, 2.45) is 0 Å². The first-order valence-corrected chi connectivity index (χ1v) is 20.4. The fourth-order valence-corrected chi connectivity index (χ4v) is 11.6. The Labute approximate surface area is 331 Å². The van der Waals surface area contributed by atoms with Crippen LogP contribution < -0.4 is 20.7 Å². The van der Waals surface area contributed by atoms with Crippen LogP contribution in [0.2, 0.25) is 0 Å². The standard InChI is InChI=1S/C40H73N11O4/c1-33(2)18-26(19-34(3,4)48(33)52)46(27-20-35(5,6)49(53)36(7,8)21-27)31-42-30(45-41-17)43-32(44-31)47(28-22-37(9,10)50(54)38(11,12)23-28)29-24-39(13,14)51(55)40(15,16)25-29/h26-29,41H,18-25H2,1-17H3,(H,42,43,44,45). The van der Waals surface area contributed by atoms with E-state index in [-0.39, 0.29) is 24.2 Å². The lowest BCUT2D eigenvalue weighted by Gasteiger charge is -2.57.